The van der Waals surface area contributed by atoms with Gasteiger partial charge in [0.25, 0.3) is 0 Å². The third-order valence-electron chi connectivity index (χ3n) is 2.02. The summed E-state index contributed by atoms with van der Waals surface area (Å²) in [7, 11) is 0. The fourth-order valence-corrected chi connectivity index (χ4v) is 1.58. The molecule has 0 saturated heterocycles. The van der Waals surface area contributed by atoms with E-state index in [4.69, 9.17) is 11.6 Å². The van der Waals surface area contributed by atoms with Gasteiger partial charge < -0.3 is 0 Å². The Labute approximate surface area is 102 Å². The smallest absolute Gasteiger partial charge is 0.0406 e. The summed E-state index contributed by atoms with van der Waals surface area (Å²) in [5.41, 5.74) is 2.85. The molecule has 0 aromatic heterocycles. The van der Waals surface area contributed by atoms with Gasteiger partial charge in [-0.05, 0) is 58.0 Å². The van der Waals surface area contributed by atoms with Gasteiger partial charge in [-0.2, -0.15) is 0 Å². The molecule has 70 valence electrons. The van der Waals surface area contributed by atoms with Gasteiger partial charge >= 0.3 is 0 Å². The minimum atomic E-state index is 0.797. The maximum atomic E-state index is 5.61. The molecule has 3 rings (SSSR count). The highest BCUT2D eigenvalue weighted by atomic mass is 127. The van der Waals surface area contributed by atoms with Crippen LogP contribution in [0.5, 0.6) is 0 Å². The zero-order chi connectivity index (χ0) is 9.97. The minimum Gasteiger partial charge on any atom is -0.0843 e. The van der Waals surface area contributed by atoms with Crippen molar-refractivity contribution in [2.24, 2.45) is 0 Å². The summed E-state index contributed by atoms with van der Waals surface area (Å²) in [5, 5.41) is 0.797. The molecule has 14 heavy (non-hydrogen) atoms. The third kappa shape index (κ3) is 2.28. The van der Waals surface area contributed by atoms with Gasteiger partial charge in [0.05, 0.1) is 0 Å². The molecule has 0 saturated carbocycles. The zero-order valence-corrected chi connectivity index (χ0v) is 10.3. The summed E-state index contributed by atoms with van der Waals surface area (Å²) in [6, 6.07) is 16.2. The Morgan fingerprint density at radius 3 is 1.36 bits per heavy atom. The van der Waals surface area contributed by atoms with E-state index in [1.807, 2.05) is 24.3 Å². The number of rotatable bonds is 0. The number of hydrogen-bond acceptors (Lipinski definition) is 0. The predicted octanol–water partition coefficient (Wildman–Crippen LogP) is 4.61. The van der Waals surface area contributed by atoms with Gasteiger partial charge in [0.2, 0.25) is 0 Å². The molecule has 0 nitrogen and oxygen atoms in total. The third-order valence-corrected chi connectivity index (χ3v) is 2.99. The molecule has 2 heteroatoms. The Morgan fingerprint density at radius 2 is 1.14 bits per heavy atom. The first-order chi connectivity index (χ1) is 6.75. The lowest BCUT2D eigenvalue weighted by Crippen LogP contribution is -1.85. The fraction of sp³-hybridized carbons (Fsp3) is 0. The van der Waals surface area contributed by atoms with Crippen molar-refractivity contribution in [3.63, 3.8) is 0 Å². The van der Waals surface area contributed by atoms with E-state index in [-0.39, 0.29) is 0 Å². The molecule has 0 fully saturated rings. The SMILES string of the molecule is Clc1ccc(I)cc1.c1cc2ccc1-2. The van der Waals surface area contributed by atoms with Gasteiger partial charge in [-0.3, -0.25) is 0 Å². The summed E-state index contributed by atoms with van der Waals surface area (Å²) < 4.78 is 1.21. The molecule has 0 unspecified atom stereocenters. The molecule has 0 heterocycles. The van der Waals surface area contributed by atoms with Gasteiger partial charge in [0.15, 0.2) is 0 Å². The molecule has 1 aromatic carbocycles. The Balaban J connectivity index is 0.000000110. The topological polar surface area (TPSA) is 0 Å². The number of hydrogen-bond donors (Lipinski definition) is 0. The van der Waals surface area contributed by atoms with Gasteiger partial charge in [-0.25, -0.2) is 0 Å². The predicted molar refractivity (Wildman–Crippen MR) is 69.6 cm³/mol. The molecular formula is C12H8ClI. The van der Waals surface area contributed by atoms with Crippen LogP contribution in [0.15, 0.2) is 48.5 Å². The van der Waals surface area contributed by atoms with E-state index in [2.05, 4.69) is 46.9 Å². The molecular weight excluding hydrogens is 306 g/mol. The second kappa shape index (κ2) is 4.32. The van der Waals surface area contributed by atoms with Crippen LogP contribution in [-0.2, 0) is 0 Å². The summed E-state index contributed by atoms with van der Waals surface area (Å²) in [5.74, 6) is 0. The highest BCUT2D eigenvalue weighted by Crippen LogP contribution is 2.29. The number of fused-ring (bicyclic) bond motifs is 1. The van der Waals surface area contributed by atoms with Crippen LogP contribution >= 0.6 is 34.2 Å². The first-order valence-electron chi connectivity index (χ1n) is 4.27. The van der Waals surface area contributed by atoms with Crippen LogP contribution in [0.25, 0.3) is 11.1 Å². The monoisotopic (exact) mass is 314 g/mol. The molecule has 0 bridgehead atoms. The molecule has 0 aliphatic heterocycles. The van der Waals surface area contributed by atoms with Crippen LogP contribution in [0.4, 0.5) is 0 Å². The lowest BCUT2D eigenvalue weighted by atomic mass is 9.95. The van der Waals surface area contributed by atoms with Crippen molar-refractivity contribution in [1.82, 2.24) is 0 Å². The molecule has 0 amide bonds. The van der Waals surface area contributed by atoms with Crippen LogP contribution in [-0.4, -0.2) is 0 Å². The maximum absolute atomic E-state index is 5.61. The van der Waals surface area contributed by atoms with Crippen molar-refractivity contribution < 1.29 is 0 Å². The lowest BCUT2D eigenvalue weighted by molar-refractivity contribution is 1.55. The van der Waals surface area contributed by atoms with Crippen molar-refractivity contribution >= 4 is 34.2 Å². The van der Waals surface area contributed by atoms with Gasteiger partial charge in [0, 0.05) is 8.59 Å². The van der Waals surface area contributed by atoms with Crippen LogP contribution in [0.3, 0.4) is 0 Å². The van der Waals surface area contributed by atoms with Crippen molar-refractivity contribution in [2.45, 2.75) is 0 Å². The Kier molecular flexibility index (Phi) is 3.08. The summed E-state index contributed by atoms with van der Waals surface area (Å²) in [6.07, 6.45) is 0. The van der Waals surface area contributed by atoms with Crippen molar-refractivity contribution in [2.75, 3.05) is 0 Å². The van der Waals surface area contributed by atoms with Crippen LogP contribution in [0, 0.1) is 3.57 Å². The van der Waals surface area contributed by atoms with Crippen LogP contribution < -0.4 is 0 Å². The quantitative estimate of drug-likeness (QED) is 0.532. The van der Waals surface area contributed by atoms with Gasteiger partial charge in [-0.15, -0.1) is 0 Å². The average Bonchev–Trinajstić information content (AvgIpc) is 2.17. The zero-order valence-electron chi connectivity index (χ0n) is 7.37. The molecule has 2 aliphatic carbocycles. The largest absolute Gasteiger partial charge is 0.0843 e. The van der Waals surface area contributed by atoms with Gasteiger partial charge in [0.1, 0.15) is 0 Å². The van der Waals surface area contributed by atoms with E-state index in [0.29, 0.717) is 0 Å². The van der Waals surface area contributed by atoms with E-state index in [0.717, 1.165) is 5.02 Å². The average molecular weight is 315 g/mol. The van der Waals surface area contributed by atoms with Crippen molar-refractivity contribution in [3.8, 4) is 11.1 Å². The fourth-order valence-electron chi connectivity index (χ4n) is 1.09. The Morgan fingerprint density at radius 1 is 0.714 bits per heavy atom. The summed E-state index contributed by atoms with van der Waals surface area (Å²) in [6.45, 7) is 0. The number of benzene rings is 2. The minimum absolute atomic E-state index is 0.797. The summed E-state index contributed by atoms with van der Waals surface area (Å²) >= 11 is 7.85. The van der Waals surface area contributed by atoms with Gasteiger partial charge in [-0.1, -0.05) is 35.9 Å². The first kappa shape index (κ1) is 9.99. The summed E-state index contributed by atoms with van der Waals surface area (Å²) in [4.78, 5) is 0. The maximum Gasteiger partial charge on any atom is 0.0406 e. The Hall–Kier alpha value is -0.540. The molecule has 0 N–H and O–H groups in total. The van der Waals surface area contributed by atoms with E-state index < -0.39 is 0 Å². The van der Waals surface area contributed by atoms with E-state index in [9.17, 15) is 0 Å². The van der Waals surface area contributed by atoms with E-state index in [1.165, 1.54) is 14.7 Å². The highest BCUT2D eigenvalue weighted by molar-refractivity contribution is 14.1. The second-order valence-corrected chi connectivity index (χ2v) is 4.70. The molecule has 1 aromatic rings. The first-order valence-corrected chi connectivity index (χ1v) is 5.73. The van der Waals surface area contributed by atoms with E-state index in [1.54, 1.807) is 0 Å². The molecule has 0 atom stereocenters. The van der Waals surface area contributed by atoms with E-state index >= 15 is 0 Å². The van der Waals surface area contributed by atoms with Crippen LogP contribution in [0.1, 0.15) is 0 Å². The number of halogens is 2. The molecule has 0 spiro atoms. The molecule has 0 radical (unpaired) electrons. The highest BCUT2D eigenvalue weighted by Gasteiger charge is 2.03. The standard InChI is InChI=1S/C6H4ClI.C6H4/c7-5-1-3-6(8)4-2-5;1-2-6-4-3-5(1)6/h1-4H;1-4H. The Bertz CT molecular complexity index is 375. The lowest BCUT2D eigenvalue weighted by Gasteiger charge is -2.10. The van der Waals surface area contributed by atoms with Crippen LogP contribution in [0.2, 0.25) is 5.02 Å². The van der Waals surface area contributed by atoms with Crippen molar-refractivity contribution in [3.05, 3.63) is 57.1 Å². The van der Waals surface area contributed by atoms with Crippen molar-refractivity contribution in [1.29, 1.82) is 0 Å². The molecule has 2 aliphatic rings. The normalized spacial score (nSPS) is 10.1. The second-order valence-electron chi connectivity index (χ2n) is 3.01.